The number of aliphatic carboxylic acids is 1. The second-order valence-corrected chi connectivity index (χ2v) is 4.96. The fourth-order valence-electron chi connectivity index (χ4n) is 0.963. The average Bonchev–Trinajstić information content (AvgIpc) is 2.26. The highest BCUT2D eigenvalue weighted by Crippen LogP contribution is 2.07. The van der Waals surface area contributed by atoms with Gasteiger partial charge in [-0.25, -0.2) is 9.59 Å². The predicted octanol–water partition coefficient (Wildman–Crippen LogP) is -0.539. The van der Waals surface area contributed by atoms with Gasteiger partial charge in [0.25, 0.3) is 0 Å². The molecule has 4 N–H and O–H groups in total. The van der Waals surface area contributed by atoms with Crippen molar-refractivity contribution in [3.8, 4) is 0 Å². The molecule has 0 aromatic rings. The highest BCUT2D eigenvalue weighted by atomic mass is 16.4. The number of carboxylic acid groups (broad SMARTS) is 1. The average molecular weight is 261 g/mol. The van der Waals surface area contributed by atoms with Crippen molar-refractivity contribution in [1.82, 2.24) is 15.5 Å². The maximum atomic E-state index is 11.4. The minimum atomic E-state index is -1.44. The van der Waals surface area contributed by atoms with Gasteiger partial charge in [0.2, 0.25) is 0 Å². The summed E-state index contributed by atoms with van der Waals surface area (Å²) >= 11 is 0. The lowest BCUT2D eigenvalue weighted by Crippen LogP contribution is -2.50. The number of carbonyl (C=O) groups excluding carboxylic acids is 1. The highest BCUT2D eigenvalue weighted by molar-refractivity contribution is 5.74. The third-order valence-electron chi connectivity index (χ3n) is 2.88. The first-order valence-corrected chi connectivity index (χ1v) is 5.77. The molecule has 0 spiro atoms. The van der Waals surface area contributed by atoms with Crippen LogP contribution in [0.4, 0.5) is 4.79 Å². The van der Waals surface area contributed by atoms with E-state index < -0.39 is 12.1 Å². The van der Waals surface area contributed by atoms with Crippen LogP contribution in [0.3, 0.4) is 0 Å². The zero-order chi connectivity index (χ0) is 14.3. The number of rotatable bonds is 7. The second kappa shape index (κ2) is 7.17. The van der Waals surface area contributed by atoms with Crippen LogP contribution >= 0.6 is 0 Å². The van der Waals surface area contributed by atoms with Crippen molar-refractivity contribution in [1.29, 1.82) is 0 Å². The molecule has 0 unspecified atom stereocenters. The molecule has 1 atom stereocenters. The molecule has 0 heterocycles. The monoisotopic (exact) mass is 261 g/mol. The van der Waals surface area contributed by atoms with Crippen molar-refractivity contribution >= 4 is 12.0 Å². The van der Waals surface area contributed by atoms with Crippen LogP contribution in [0.5, 0.6) is 0 Å². The van der Waals surface area contributed by atoms with Crippen molar-refractivity contribution in [3.05, 3.63) is 0 Å². The number of urea groups is 1. The number of aliphatic hydroxyl groups is 1. The molecular weight excluding hydrogens is 238 g/mol. The number of hydrogen-bond donors (Lipinski definition) is 4. The minimum absolute atomic E-state index is 0.0141. The van der Waals surface area contributed by atoms with Crippen LogP contribution in [-0.4, -0.2) is 65.9 Å². The van der Waals surface area contributed by atoms with E-state index in [1.165, 1.54) is 0 Å². The Morgan fingerprint density at radius 1 is 1.28 bits per heavy atom. The standard InChI is InChI=1S/C11H23N3O4/c1-11(2,14(3)4)7-13-10(18)12-6-5-8(15)9(16)17/h8,15H,5-7H2,1-4H3,(H,16,17)(H2,12,13,18)/t8-/m0/s1. The summed E-state index contributed by atoms with van der Waals surface area (Å²) in [6, 6.07) is -0.373. The van der Waals surface area contributed by atoms with Crippen LogP contribution in [0.15, 0.2) is 0 Å². The van der Waals surface area contributed by atoms with E-state index in [4.69, 9.17) is 10.2 Å². The predicted molar refractivity (Wildman–Crippen MR) is 67.4 cm³/mol. The summed E-state index contributed by atoms with van der Waals surface area (Å²) in [5.41, 5.74) is -0.169. The van der Waals surface area contributed by atoms with E-state index in [-0.39, 0.29) is 24.5 Å². The fraction of sp³-hybridized carbons (Fsp3) is 0.818. The van der Waals surface area contributed by atoms with E-state index in [2.05, 4.69) is 10.6 Å². The first-order chi connectivity index (χ1) is 8.16. The molecule has 0 saturated carbocycles. The molecule has 0 aromatic heterocycles. The SMILES string of the molecule is CN(C)C(C)(C)CNC(=O)NCC[C@H](O)C(=O)O. The number of aliphatic hydroxyl groups excluding tert-OH is 1. The molecule has 2 amide bonds. The van der Waals surface area contributed by atoms with E-state index in [0.29, 0.717) is 6.54 Å². The summed E-state index contributed by atoms with van der Waals surface area (Å²) in [4.78, 5) is 23.7. The van der Waals surface area contributed by atoms with Crippen molar-refractivity contribution < 1.29 is 19.8 Å². The number of hydrogen-bond acceptors (Lipinski definition) is 4. The van der Waals surface area contributed by atoms with E-state index >= 15 is 0 Å². The van der Waals surface area contributed by atoms with Crippen molar-refractivity contribution in [2.75, 3.05) is 27.2 Å². The Balaban J connectivity index is 3.83. The van der Waals surface area contributed by atoms with Gasteiger partial charge in [0.05, 0.1) is 0 Å². The number of nitrogens with one attached hydrogen (secondary N) is 2. The molecule has 7 nitrogen and oxygen atoms in total. The van der Waals surface area contributed by atoms with Crippen molar-refractivity contribution in [2.24, 2.45) is 0 Å². The summed E-state index contributed by atoms with van der Waals surface area (Å²) < 4.78 is 0. The van der Waals surface area contributed by atoms with Gasteiger partial charge >= 0.3 is 12.0 Å². The minimum Gasteiger partial charge on any atom is -0.479 e. The Kier molecular flexibility index (Phi) is 6.64. The zero-order valence-corrected chi connectivity index (χ0v) is 11.4. The molecule has 0 aliphatic carbocycles. The second-order valence-electron chi connectivity index (χ2n) is 4.96. The molecular formula is C11H23N3O4. The van der Waals surface area contributed by atoms with E-state index in [1.54, 1.807) is 0 Å². The largest absolute Gasteiger partial charge is 0.479 e. The van der Waals surface area contributed by atoms with E-state index in [0.717, 1.165) is 0 Å². The van der Waals surface area contributed by atoms with E-state index in [1.807, 2.05) is 32.8 Å². The Morgan fingerprint density at radius 3 is 2.28 bits per heavy atom. The lowest BCUT2D eigenvalue weighted by atomic mass is 10.1. The molecule has 18 heavy (non-hydrogen) atoms. The Labute approximate surface area is 107 Å². The maximum Gasteiger partial charge on any atom is 0.332 e. The van der Waals surface area contributed by atoms with Crippen LogP contribution in [0.25, 0.3) is 0 Å². The summed E-state index contributed by atoms with van der Waals surface area (Å²) in [7, 11) is 3.84. The van der Waals surface area contributed by atoms with Gasteiger partial charge in [-0.2, -0.15) is 0 Å². The molecule has 0 aliphatic heterocycles. The summed E-state index contributed by atoms with van der Waals surface area (Å²) in [5, 5.41) is 22.6. The summed E-state index contributed by atoms with van der Waals surface area (Å²) in [6.45, 7) is 4.55. The zero-order valence-electron chi connectivity index (χ0n) is 11.4. The number of nitrogens with zero attached hydrogens (tertiary/aromatic N) is 1. The van der Waals surface area contributed by atoms with Gasteiger partial charge in [-0.1, -0.05) is 0 Å². The van der Waals surface area contributed by atoms with Gasteiger partial charge in [-0.05, 0) is 27.9 Å². The van der Waals surface area contributed by atoms with Gasteiger partial charge in [0, 0.05) is 25.0 Å². The van der Waals surface area contributed by atoms with E-state index in [9.17, 15) is 9.59 Å². The van der Waals surface area contributed by atoms with Gasteiger partial charge in [0.15, 0.2) is 6.10 Å². The first kappa shape index (κ1) is 16.7. The van der Waals surface area contributed by atoms with Gasteiger partial charge in [-0.3, -0.25) is 0 Å². The fourth-order valence-corrected chi connectivity index (χ4v) is 0.963. The topological polar surface area (TPSA) is 102 Å². The maximum absolute atomic E-state index is 11.4. The van der Waals surface area contributed by atoms with Crippen LogP contribution in [-0.2, 0) is 4.79 Å². The quantitative estimate of drug-likeness (QED) is 0.493. The Hall–Kier alpha value is -1.34. The van der Waals surface area contributed by atoms with Crippen molar-refractivity contribution in [3.63, 3.8) is 0 Å². The number of carbonyl (C=O) groups is 2. The first-order valence-electron chi connectivity index (χ1n) is 5.77. The lowest BCUT2D eigenvalue weighted by Gasteiger charge is -2.32. The molecule has 0 radical (unpaired) electrons. The Bertz CT molecular complexity index is 292. The van der Waals surface area contributed by atoms with Gasteiger partial charge in [-0.15, -0.1) is 0 Å². The molecule has 0 bridgehead atoms. The molecule has 7 heteroatoms. The molecule has 0 saturated heterocycles. The smallest absolute Gasteiger partial charge is 0.332 e. The lowest BCUT2D eigenvalue weighted by molar-refractivity contribution is -0.146. The normalized spacial score (nSPS) is 13.2. The van der Waals surface area contributed by atoms with Gasteiger partial charge < -0.3 is 25.7 Å². The number of amides is 2. The van der Waals surface area contributed by atoms with Crippen LogP contribution in [0.2, 0.25) is 0 Å². The highest BCUT2D eigenvalue weighted by Gasteiger charge is 2.21. The molecule has 0 fully saturated rings. The summed E-state index contributed by atoms with van der Waals surface area (Å²) in [5.74, 6) is -1.29. The van der Waals surface area contributed by atoms with Crippen LogP contribution < -0.4 is 10.6 Å². The molecule has 0 aliphatic rings. The van der Waals surface area contributed by atoms with Crippen LogP contribution in [0.1, 0.15) is 20.3 Å². The Morgan fingerprint density at radius 2 is 1.83 bits per heavy atom. The molecule has 0 aromatic carbocycles. The molecule has 106 valence electrons. The van der Waals surface area contributed by atoms with Gasteiger partial charge in [0.1, 0.15) is 0 Å². The van der Waals surface area contributed by atoms with Crippen LogP contribution in [0, 0.1) is 0 Å². The summed E-state index contributed by atoms with van der Waals surface area (Å²) in [6.07, 6.45) is -1.46. The van der Waals surface area contributed by atoms with Crippen molar-refractivity contribution in [2.45, 2.75) is 31.9 Å². The number of likely N-dealkylation sites (N-methyl/N-ethyl adjacent to an activating group) is 1. The third kappa shape index (κ3) is 6.41. The third-order valence-corrected chi connectivity index (χ3v) is 2.88. The molecule has 0 rings (SSSR count). The number of carboxylic acids is 1.